The van der Waals surface area contributed by atoms with Gasteiger partial charge < -0.3 is 10.1 Å². The van der Waals surface area contributed by atoms with Crippen LogP contribution in [0, 0.1) is 0 Å². The molecule has 3 aromatic rings. The van der Waals surface area contributed by atoms with Crippen molar-refractivity contribution in [1.29, 1.82) is 0 Å². The number of ether oxygens (including phenoxy) is 1. The van der Waals surface area contributed by atoms with Crippen molar-refractivity contribution >= 4 is 28.6 Å². The van der Waals surface area contributed by atoms with Gasteiger partial charge in [-0.05, 0) is 36.4 Å². The maximum atomic E-state index is 12.5. The molecule has 7 nitrogen and oxygen atoms in total. The fourth-order valence-corrected chi connectivity index (χ4v) is 2.78. The molecule has 0 aliphatic carbocycles. The minimum absolute atomic E-state index is 0.129. The van der Waals surface area contributed by atoms with Gasteiger partial charge in [0.2, 0.25) is 0 Å². The number of nitrogens with zero attached hydrogens (tertiary/aromatic N) is 2. The summed E-state index contributed by atoms with van der Waals surface area (Å²) in [6, 6.07) is 10.7. The number of para-hydroxylation sites is 2. The number of rotatable bonds is 5. The van der Waals surface area contributed by atoms with E-state index >= 15 is 0 Å². The molecule has 0 aliphatic rings. The molecule has 152 valence electrons. The maximum absolute atomic E-state index is 12.5. The number of hydrogen-bond donors (Lipinski definition) is 1. The number of fused-ring (bicyclic) bond motifs is 1. The van der Waals surface area contributed by atoms with Crippen LogP contribution in [0.25, 0.3) is 11.0 Å². The molecule has 1 heterocycles. The smallest absolute Gasteiger partial charge is 0.416 e. The molecule has 0 bridgehead atoms. The standard InChI is InChI=1S/C19H16F3N3O4/c1-24-14-4-2-3-5-15(14)25(18(24)28)10-17(27)29-11-16(26)23-13-8-6-12(7-9-13)19(20,21)22/h2-9H,10-11H2,1H3,(H,23,26). The number of hydrogen-bond acceptors (Lipinski definition) is 4. The first kappa shape index (κ1) is 20.2. The van der Waals surface area contributed by atoms with Crippen molar-refractivity contribution in [3.05, 3.63) is 64.6 Å². The second-order valence-electron chi connectivity index (χ2n) is 6.20. The zero-order chi connectivity index (χ0) is 21.2. The predicted molar refractivity (Wildman–Crippen MR) is 98.2 cm³/mol. The highest BCUT2D eigenvalue weighted by Gasteiger charge is 2.30. The summed E-state index contributed by atoms with van der Waals surface area (Å²) >= 11 is 0. The number of halogens is 3. The number of amides is 1. The number of anilines is 1. The third-order valence-electron chi connectivity index (χ3n) is 4.20. The summed E-state index contributed by atoms with van der Waals surface area (Å²) in [6.07, 6.45) is -4.47. The van der Waals surface area contributed by atoms with Gasteiger partial charge in [0.05, 0.1) is 16.6 Å². The number of aromatic nitrogens is 2. The Balaban J connectivity index is 1.58. The first-order valence-electron chi connectivity index (χ1n) is 8.44. The van der Waals surface area contributed by atoms with Crippen LogP contribution in [0.4, 0.5) is 18.9 Å². The van der Waals surface area contributed by atoms with E-state index in [2.05, 4.69) is 5.32 Å². The van der Waals surface area contributed by atoms with E-state index in [0.717, 1.165) is 24.3 Å². The molecular formula is C19H16F3N3O4. The molecule has 1 amide bonds. The van der Waals surface area contributed by atoms with Gasteiger partial charge in [-0.25, -0.2) is 4.79 Å². The van der Waals surface area contributed by atoms with Crippen LogP contribution in [0.3, 0.4) is 0 Å². The summed E-state index contributed by atoms with van der Waals surface area (Å²) < 4.78 is 45.1. The average Bonchev–Trinajstić information content (AvgIpc) is 2.91. The topological polar surface area (TPSA) is 82.3 Å². The lowest BCUT2D eigenvalue weighted by Gasteiger charge is -2.09. The number of alkyl halides is 3. The second-order valence-corrected chi connectivity index (χ2v) is 6.20. The molecule has 29 heavy (non-hydrogen) atoms. The SMILES string of the molecule is Cn1c(=O)n(CC(=O)OCC(=O)Nc2ccc(C(F)(F)F)cc2)c2ccccc21. The molecule has 10 heteroatoms. The number of nitrogens with one attached hydrogen (secondary N) is 1. The minimum atomic E-state index is -4.47. The summed E-state index contributed by atoms with van der Waals surface area (Å²) in [7, 11) is 1.57. The molecule has 0 spiro atoms. The summed E-state index contributed by atoms with van der Waals surface area (Å²) in [4.78, 5) is 36.1. The van der Waals surface area contributed by atoms with E-state index < -0.39 is 35.9 Å². The van der Waals surface area contributed by atoms with E-state index in [-0.39, 0.29) is 12.2 Å². The van der Waals surface area contributed by atoms with E-state index in [9.17, 15) is 27.6 Å². The lowest BCUT2D eigenvalue weighted by atomic mass is 10.2. The number of carbonyl (C=O) groups is 2. The monoisotopic (exact) mass is 407 g/mol. The van der Waals surface area contributed by atoms with Gasteiger partial charge in [0, 0.05) is 12.7 Å². The molecule has 0 radical (unpaired) electrons. The van der Waals surface area contributed by atoms with Gasteiger partial charge >= 0.3 is 17.8 Å². The Hall–Kier alpha value is -3.56. The summed E-state index contributed by atoms with van der Waals surface area (Å²) in [5.74, 6) is -1.52. The molecular weight excluding hydrogens is 391 g/mol. The predicted octanol–water partition coefficient (Wildman–Crippen LogP) is 2.54. The van der Waals surface area contributed by atoms with Crippen LogP contribution < -0.4 is 11.0 Å². The van der Waals surface area contributed by atoms with Crippen LogP contribution >= 0.6 is 0 Å². The van der Waals surface area contributed by atoms with Gasteiger partial charge in [-0.1, -0.05) is 12.1 Å². The molecule has 0 unspecified atom stereocenters. The van der Waals surface area contributed by atoms with Crippen molar-refractivity contribution < 1.29 is 27.5 Å². The van der Waals surface area contributed by atoms with Crippen molar-refractivity contribution in [2.45, 2.75) is 12.7 Å². The van der Waals surface area contributed by atoms with Gasteiger partial charge in [-0.15, -0.1) is 0 Å². The van der Waals surface area contributed by atoms with Crippen molar-refractivity contribution in [3.8, 4) is 0 Å². The van der Waals surface area contributed by atoms with Crippen molar-refractivity contribution in [3.63, 3.8) is 0 Å². The highest BCUT2D eigenvalue weighted by molar-refractivity contribution is 5.92. The van der Waals surface area contributed by atoms with E-state index in [1.165, 1.54) is 9.13 Å². The number of esters is 1. The molecule has 0 aliphatic heterocycles. The fourth-order valence-electron chi connectivity index (χ4n) is 2.78. The molecule has 1 aromatic heterocycles. The summed E-state index contributed by atoms with van der Waals surface area (Å²) in [6.45, 7) is -1.02. The lowest BCUT2D eigenvalue weighted by Crippen LogP contribution is -2.28. The molecule has 0 saturated carbocycles. The molecule has 1 N–H and O–H groups in total. The zero-order valence-corrected chi connectivity index (χ0v) is 15.2. The van der Waals surface area contributed by atoms with Gasteiger partial charge in [-0.3, -0.25) is 18.7 Å². The Morgan fingerprint density at radius 1 is 1.03 bits per heavy atom. The number of imidazole rings is 1. The van der Waals surface area contributed by atoms with Crippen molar-refractivity contribution in [2.24, 2.45) is 7.05 Å². The van der Waals surface area contributed by atoms with E-state index in [0.29, 0.717) is 11.0 Å². The molecule has 0 fully saturated rings. The van der Waals surface area contributed by atoms with E-state index in [4.69, 9.17) is 4.74 Å². The molecule has 3 rings (SSSR count). The molecule has 0 atom stereocenters. The third kappa shape index (κ3) is 4.48. The van der Waals surface area contributed by atoms with Gasteiger partial charge in [0.1, 0.15) is 6.54 Å². The van der Waals surface area contributed by atoms with Crippen LogP contribution in [0.5, 0.6) is 0 Å². The normalized spacial score (nSPS) is 11.4. The Morgan fingerprint density at radius 2 is 1.66 bits per heavy atom. The quantitative estimate of drug-likeness (QED) is 0.659. The van der Waals surface area contributed by atoms with Crippen LogP contribution in [0.2, 0.25) is 0 Å². The Bertz CT molecular complexity index is 1110. The molecule has 0 saturated heterocycles. The Kier molecular flexibility index (Phi) is 5.44. The number of carbonyl (C=O) groups excluding carboxylic acids is 2. The largest absolute Gasteiger partial charge is 0.454 e. The fraction of sp³-hybridized carbons (Fsp3) is 0.211. The Morgan fingerprint density at radius 3 is 2.28 bits per heavy atom. The maximum Gasteiger partial charge on any atom is 0.416 e. The lowest BCUT2D eigenvalue weighted by molar-refractivity contribution is -0.147. The Labute approximate surface area is 162 Å². The van der Waals surface area contributed by atoms with E-state index in [1.54, 1.807) is 31.3 Å². The van der Waals surface area contributed by atoms with Crippen molar-refractivity contribution in [1.82, 2.24) is 9.13 Å². The molecule has 2 aromatic carbocycles. The first-order valence-corrected chi connectivity index (χ1v) is 8.44. The van der Waals surface area contributed by atoms with Gasteiger partial charge in [-0.2, -0.15) is 13.2 Å². The average molecular weight is 407 g/mol. The highest BCUT2D eigenvalue weighted by Crippen LogP contribution is 2.29. The van der Waals surface area contributed by atoms with Gasteiger partial charge in [0.25, 0.3) is 5.91 Å². The first-order chi connectivity index (χ1) is 13.7. The van der Waals surface area contributed by atoms with Crippen LogP contribution in [-0.2, 0) is 34.1 Å². The minimum Gasteiger partial charge on any atom is -0.454 e. The summed E-state index contributed by atoms with van der Waals surface area (Å²) in [5.41, 5.74) is 0.0700. The van der Waals surface area contributed by atoms with Crippen LogP contribution in [0.1, 0.15) is 5.56 Å². The number of aryl methyl sites for hydroxylation is 1. The number of benzene rings is 2. The zero-order valence-electron chi connectivity index (χ0n) is 15.2. The van der Waals surface area contributed by atoms with E-state index in [1.807, 2.05) is 0 Å². The highest BCUT2D eigenvalue weighted by atomic mass is 19.4. The van der Waals surface area contributed by atoms with Crippen LogP contribution in [0.15, 0.2) is 53.3 Å². The second kappa shape index (κ2) is 7.82. The third-order valence-corrected chi connectivity index (χ3v) is 4.20. The summed E-state index contributed by atoms with van der Waals surface area (Å²) in [5, 5.41) is 2.33. The van der Waals surface area contributed by atoms with Crippen LogP contribution in [-0.4, -0.2) is 27.6 Å². The van der Waals surface area contributed by atoms with Gasteiger partial charge in [0.15, 0.2) is 6.61 Å². The van der Waals surface area contributed by atoms with Crippen molar-refractivity contribution in [2.75, 3.05) is 11.9 Å².